The second-order valence-electron chi connectivity index (χ2n) is 16.9. The average molecular weight is 763 g/mol. The van der Waals surface area contributed by atoms with Crippen molar-refractivity contribution in [1.29, 1.82) is 0 Å². The molecule has 55 heavy (non-hydrogen) atoms. The van der Waals surface area contributed by atoms with Gasteiger partial charge in [0.05, 0.1) is 37.5 Å². The van der Waals surface area contributed by atoms with E-state index in [1.165, 1.54) is 7.11 Å². The van der Waals surface area contributed by atoms with Crippen LogP contribution in [0.25, 0.3) is 5.52 Å². The predicted octanol–water partition coefficient (Wildman–Crippen LogP) is 4.62. The van der Waals surface area contributed by atoms with Gasteiger partial charge >= 0.3 is 12.1 Å². The van der Waals surface area contributed by atoms with Crippen LogP contribution in [0.2, 0.25) is 0 Å². The Hall–Kier alpha value is -4.69. The standard InChI is InChI=1S/C41H62N8O6/c1-10-28(2)34(49-23-22-46(39(49)54)27-33-42-25-30-18-14-15-20-48(30)33)36(51)43-31(24-29-16-12-11-13-17-29)32(50)26-47(21-19-40(3,4)5)45-37(52)35(41(6,7)8)44-38(53)55-9/h11-18,20,25,28,31-32,34-35,50H,10,19,21-24,26-27H2,1-9H3,(H,43,51)(H,44,53)(H,45,52)/t28-,31-,32-,34-,35+/m0/s1. The minimum absolute atomic E-state index is 0.0165. The summed E-state index contributed by atoms with van der Waals surface area (Å²) in [4.78, 5) is 62.2. The number of rotatable bonds is 17. The smallest absolute Gasteiger partial charge is 0.407 e. The third-order valence-corrected chi connectivity index (χ3v) is 10.2. The maximum absolute atomic E-state index is 14.4. The highest BCUT2D eigenvalue weighted by atomic mass is 16.5. The summed E-state index contributed by atoms with van der Waals surface area (Å²) < 4.78 is 6.74. The molecular formula is C41H62N8O6. The van der Waals surface area contributed by atoms with Crippen LogP contribution in [-0.2, 0) is 27.3 Å². The third-order valence-electron chi connectivity index (χ3n) is 10.2. The number of amides is 5. The summed E-state index contributed by atoms with van der Waals surface area (Å²) in [5.41, 5.74) is 4.04. The molecule has 4 rings (SSSR count). The molecule has 4 N–H and O–H groups in total. The first-order valence-electron chi connectivity index (χ1n) is 19.3. The minimum Gasteiger partial charge on any atom is -0.453 e. The van der Waals surface area contributed by atoms with Crippen molar-refractivity contribution in [3.8, 4) is 0 Å². The van der Waals surface area contributed by atoms with E-state index in [1.807, 2.05) is 93.7 Å². The molecule has 1 saturated heterocycles. The maximum Gasteiger partial charge on any atom is 0.407 e. The molecule has 5 amide bonds. The van der Waals surface area contributed by atoms with Gasteiger partial charge in [0.15, 0.2) is 0 Å². The van der Waals surface area contributed by atoms with Crippen LogP contribution < -0.4 is 16.1 Å². The number of hydrogen-bond acceptors (Lipinski definition) is 8. The molecule has 0 unspecified atom stereocenters. The lowest BCUT2D eigenvalue weighted by Crippen LogP contribution is -2.60. The number of methoxy groups -OCH3 is 1. The number of hydrogen-bond donors (Lipinski definition) is 4. The number of fused-ring (bicyclic) bond motifs is 1. The Morgan fingerprint density at radius 1 is 0.982 bits per heavy atom. The number of nitrogens with one attached hydrogen (secondary N) is 3. The van der Waals surface area contributed by atoms with Crippen molar-refractivity contribution in [1.82, 2.24) is 40.3 Å². The van der Waals surface area contributed by atoms with E-state index >= 15 is 0 Å². The first-order chi connectivity index (χ1) is 25.9. The van der Waals surface area contributed by atoms with Crippen LogP contribution in [0, 0.1) is 16.7 Å². The number of alkyl carbamates (subject to hydrolysis) is 1. The number of nitrogens with zero attached hydrogens (tertiary/aromatic N) is 5. The lowest BCUT2D eigenvalue weighted by molar-refractivity contribution is -0.132. The average Bonchev–Trinajstić information content (AvgIpc) is 3.71. The van der Waals surface area contributed by atoms with Crippen LogP contribution in [0.3, 0.4) is 0 Å². The summed E-state index contributed by atoms with van der Waals surface area (Å²) in [6.07, 6.45) is 3.47. The molecule has 14 nitrogen and oxygen atoms in total. The van der Waals surface area contributed by atoms with Gasteiger partial charge in [-0.2, -0.15) is 0 Å². The molecule has 2 aromatic heterocycles. The highest BCUT2D eigenvalue weighted by Crippen LogP contribution is 2.24. The van der Waals surface area contributed by atoms with Gasteiger partial charge in [0.2, 0.25) is 5.91 Å². The number of aliphatic hydroxyl groups excluding tert-OH is 1. The summed E-state index contributed by atoms with van der Waals surface area (Å²) in [6.45, 7) is 17.2. The molecule has 0 radical (unpaired) electrons. The highest BCUT2D eigenvalue weighted by molar-refractivity contribution is 5.88. The number of aliphatic hydroxyl groups is 1. The molecule has 1 fully saturated rings. The predicted molar refractivity (Wildman–Crippen MR) is 212 cm³/mol. The molecule has 1 aliphatic heterocycles. The molecule has 0 spiro atoms. The van der Waals surface area contributed by atoms with Crippen molar-refractivity contribution >= 4 is 29.5 Å². The number of aromatic nitrogens is 2. The van der Waals surface area contributed by atoms with E-state index in [0.29, 0.717) is 45.4 Å². The Morgan fingerprint density at radius 3 is 2.31 bits per heavy atom. The fourth-order valence-electron chi connectivity index (χ4n) is 6.73. The van der Waals surface area contributed by atoms with Gasteiger partial charge in [-0.25, -0.2) is 19.6 Å². The first kappa shape index (κ1) is 43.0. The molecule has 302 valence electrons. The van der Waals surface area contributed by atoms with Crippen molar-refractivity contribution in [3.05, 3.63) is 72.3 Å². The largest absolute Gasteiger partial charge is 0.453 e. The van der Waals surface area contributed by atoms with E-state index in [-0.39, 0.29) is 29.8 Å². The molecule has 3 aromatic rings. The first-order valence-corrected chi connectivity index (χ1v) is 19.3. The Morgan fingerprint density at radius 2 is 1.67 bits per heavy atom. The summed E-state index contributed by atoms with van der Waals surface area (Å²) in [5.74, 6) is -0.250. The second-order valence-corrected chi connectivity index (χ2v) is 16.9. The lowest BCUT2D eigenvalue weighted by atomic mass is 9.86. The molecule has 0 bridgehead atoms. The number of benzene rings is 1. The van der Waals surface area contributed by atoms with Crippen LogP contribution in [0.15, 0.2) is 60.9 Å². The SMILES string of the molecule is CC[C@H](C)[C@@H](C(=O)N[C@@H](Cc1ccccc1)[C@@H](O)CN(CCC(C)(C)C)NC(=O)[C@@H](NC(=O)OC)C(C)(C)C)N1CCN(Cc2ncc3ccccn23)C1=O. The van der Waals surface area contributed by atoms with Crippen molar-refractivity contribution in [2.24, 2.45) is 16.7 Å². The van der Waals surface area contributed by atoms with Crippen molar-refractivity contribution < 1.29 is 29.0 Å². The van der Waals surface area contributed by atoms with E-state index in [2.05, 4.69) is 41.8 Å². The van der Waals surface area contributed by atoms with Crippen LogP contribution in [0.5, 0.6) is 0 Å². The monoisotopic (exact) mass is 762 g/mol. The van der Waals surface area contributed by atoms with Gasteiger partial charge in [-0.1, -0.05) is 98.2 Å². The van der Waals surface area contributed by atoms with Crippen LogP contribution in [-0.4, -0.2) is 111 Å². The van der Waals surface area contributed by atoms with Crippen molar-refractivity contribution in [3.63, 3.8) is 0 Å². The van der Waals surface area contributed by atoms with Gasteiger partial charge in [-0.3, -0.25) is 15.0 Å². The van der Waals surface area contributed by atoms with Gasteiger partial charge in [-0.15, -0.1) is 0 Å². The minimum atomic E-state index is -1.14. The molecule has 1 aromatic carbocycles. The number of pyridine rings is 1. The van der Waals surface area contributed by atoms with E-state index in [9.17, 15) is 24.3 Å². The summed E-state index contributed by atoms with van der Waals surface area (Å²) in [7, 11) is 1.24. The number of carbonyl (C=O) groups is 4. The fraction of sp³-hybridized carbons (Fsp3) is 0.585. The topological polar surface area (TPSA) is 161 Å². The van der Waals surface area contributed by atoms with Crippen molar-refractivity contribution in [2.45, 2.75) is 105 Å². The highest BCUT2D eigenvalue weighted by Gasteiger charge is 2.41. The van der Waals surface area contributed by atoms with Gasteiger partial charge < -0.3 is 34.7 Å². The molecule has 14 heteroatoms. The number of ether oxygens (including phenoxy) is 1. The quantitative estimate of drug-likeness (QED) is 0.145. The Kier molecular flexibility index (Phi) is 14.7. The van der Waals surface area contributed by atoms with E-state index in [4.69, 9.17) is 4.74 Å². The molecule has 1 aliphatic rings. The zero-order valence-corrected chi connectivity index (χ0v) is 34.0. The molecule has 3 heterocycles. The maximum atomic E-state index is 14.4. The molecule has 0 aliphatic carbocycles. The van der Waals surface area contributed by atoms with Gasteiger partial charge in [0.1, 0.15) is 17.9 Å². The van der Waals surface area contributed by atoms with E-state index in [1.54, 1.807) is 21.0 Å². The van der Waals surface area contributed by atoms with Crippen LogP contribution in [0.4, 0.5) is 9.59 Å². The lowest BCUT2D eigenvalue weighted by Gasteiger charge is -2.36. The fourth-order valence-corrected chi connectivity index (χ4v) is 6.73. The van der Waals surface area contributed by atoms with Crippen molar-refractivity contribution in [2.75, 3.05) is 33.3 Å². The van der Waals surface area contributed by atoms with Gasteiger partial charge in [0, 0.05) is 32.4 Å². The third kappa shape index (κ3) is 11.9. The zero-order chi connectivity index (χ0) is 40.5. The normalized spacial score (nSPS) is 16.5. The summed E-state index contributed by atoms with van der Waals surface area (Å²) in [6, 6.07) is 12.7. The molecule has 0 saturated carbocycles. The zero-order valence-electron chi connectivity index (χ0n) is 34.0. The van der Waals surface area contributed by atoms with Gasteiger partial charge in [-0.05, 0) is 47.3 Å². The van der Waals surface area contributed by atoms with Gasteiger partial charge in [0.25, 0.3) is 5.91 Å². The number of hydrazine groups is 1. The Bertz CT molecular complexity index is 1740. The second kappa shape index (κ2) is 18.8. The van der Waals surface area contributed by atoms with E-state index in [0.717, 1.165) is 16.9 Å². The number of urea groups is 1. The summed E-state index contributed by atoms with van der Waals surface area (Å²) >= 11 is 0. The summed E-state index contributed by atoms with van der Waals surface area (Å²) in [5, 5.41) is 19.4. The Labute approximate surface area is 325 Å². The number of carbonyl (C=O) groups excluding carboxylic acids is 4. The molecular weight excluding hydrogens is 701 g/mol. The van der Waals surface area contributed by atoms with E-state index < -0.39 is 41.6 Å². The Balaban J connectivity index is 1.57. The van der Waals surface area contributed by atoms with Crippen LogP contribution in [0.1, 0.15) is 79.6 Å². The number of imidazole rings is 1. The van der Waals surface area contributed by atoms with Crippen LogP contribution >= 0.6 is 0 Å². The molecule has 5 atom stereocenters.